The van der Waals surface area contributed by atoms with Crippen LogP contribution in [0.2, 0.25) is 0 Å². The van der Waals surface area contributed by atoms with Crippen molar-refractivity contribution in [3.63, 3.8) is 0 Å². The van der Waals surface area contributed by atoms with Crippen LogP contribution in [0.25, 0.3) is 10.8 Å². The van der Waals surface area contributed by atoms with Crippen molar-refractivity contribution in [2.24, 2.45) is 0 Å². The van der Waals surface area contributed by atoms with E-state index in [9.17, 15) is 9.59 Å². The van der Waals surface area contributed by atoms with Gasteiger partial charge >= 0.3 is 5.97 Å². The molecule has 0 unspecified atom stereocenters. The number of thiazole rings is 1. The maximum atomic E-state index is 11.9. The highest BCUT2D eigenvalue weighted by atomic mass is 32.1. The number of furan rings is 1. The second kappa shape index (κ2) is 7.58. The summed E-state index contributed by atoms with van der Waals surface area (Å²) < 4.78 is 5.23. The summed E-state index contributed by atoms with van der Waals surface area (Å²) in [7, 11) is 0. The van der Waals surface area contributed by atoms with E-state index in [0.29, 0.717) is 29.4 Å². The first-order valence-corrected chi connectivity index (χ1v) is 7.54. The van der Waals surface area contributed by atoms with Crippen LogP contribution in [-0.2, 0) is 4.79 Å². The predicted octanol–water partition coefficient (Wildman–Crippen LogP) is 2.78. The van der Waals surface area contributed by atoms with Gasteiger partial charge in [0.15, 0.2) is 10.8 Å². The van der Waals surface area contributed by atoms with E-state index in [4.69, 9.17) is 9.52 Å². The maximum Gasteiger partial charge on any atom is 0.303 e. The number of hydrogen-bond acceptors (Lipinski definition) is 5. The summed E-state index contributed by atoms with van der Waals surface area (Å²) in [6, 6.07) is 3.57. The van der Waals surface area contributed by atoms with Gasteiger partial charge in [0.05, 0.1) is 6.26 Å². The topological polar surface area (TPSA) is 92.4 Å². The zero-order chi connectivity index (χ0) is 15.1. The van der Waals surface area contributed by atoms with Gasteiger partial charge in [0.2, 0.25) is 0 Å². The Bertz CT molecular complexity index is 592. The third-order valence-electron chi connectivity index (χ3n) is 2.82. The molecular weight excluding hydrogens is 292 g/mol. The fourth-order valence-corrected chi connectivity index (χ4v) is 2.53. The largest absolute Gasteiger partial charge is 0.481 e. The van der Waals surface area contributed by atoms with Crippen molar-refractivity contribution >= 4 is 23.2 Å². The van der Waals surface area contributed by atoms with E-state index in [1.807, 2.05) is 0 Å². The molecular formula is C14H16N2O4S. The van der Waals surface area contributed by atoms with Gasteiger partial charge in [-0.2, -0.15) is 0 Å². The third-order valence-corrected chi connectivity index (χ3v) is 3.68. The van der Waals surface area contributed by atoms with Crippen LogP contribution in [0.3, 0.4) is 0 Å². The lowest BCUT2D eigenvalue weighted by atomic mass is 10.2. The number of aliphatic carboxylic acids is 1. The molecule has 2 aromatic heterocycles. The van der Waals surface area contributed by atoms with E-state index in [0.717, 1.165) is 12.8 Å². The number of carboxylic acids is 1. The average Bonchev–Trinajstić information content (AvgIpc) is 3.11. The zero-order valence-corrected chi connectivity index (χ0v) is 12.2. The predicted molar refractivity (Wildman–Crippen MR) is 78.3 cm³/mol. The SMILES string of the molecule is O=C(O)CCCCCNC(=O)c1csc(-c2ccco2)n1. The fraction of sp³-hybridized carbons (Fsp3) is 0.357. The van der Waals surface area contributed by atoms with Crippen LogP contribution in [0.4, 0.5) is 0 Å². The first-order chi connectivity index (χ1) is 10.2. The fourth-order valence-electron chi connectivity index (χ4n) is 1.76. The zero-order valence-electron chi connectivity index (χ0n) is 11.4. The molecule has 0 saturated carbocycles. The molecule has 0 atom stereocenters. The number of rotatable bonds is 8. The molecule has 0 aromatic carbocycles. The Morgan fingerprint density at radius 2 is 2.19 bits per heavy atom. The third kappa shape index (κ3) is 4.71. The summed E-state index contributed by atoms with van der Waals surface area (Å²) in [6.07, 6.45) is 3.90. The Kier molecular flexibility index (Phi) is 5.51. The molecule has 2 N–H and O–H groups in total. The molecule has 0 aliphatic heterocycles. The van der Waals surface area contributed by atoms with Crippen LogP contribution in [0.5, 0.6) is 0 Å². The van der Waals surface area contributed by atoms with Gasteiger partial charge in [-0.15, -0.1) is 11.3 Å². The standard InChI is InChI=1S/C14H16N2O4S/c17-12(18)6-2-1-3-7-15-13(19)10-9-21-14(16-10)11-5-4-8-20-11/h4-5,8-9H,1-3,6-7H2,(H,15,19)(H,17,18). The van der Waals surface area contributed by atoms with Gasteiger partial charge in [-0.1, -0.05) is 6.42 Å². The Hall–Kier alpha value is -2.15. The van der Waals surface area contributed by atoms with Gasteiger partial charge in [-0.3, -0.25) is 9.59 Å². The Morgan fingerprint density at radius 3 is 2.90 bits per heavy atom. The van der Waals surface area contributed by atoms with E-state index in [2.05, 4.69) is 10.3 Å². The summed E-state index contributed by atoms with van der Waals surface area (Å²) >= 11 is 1.36. The molecule has 0 spiro atoms. The lowest BCUT2D eigenvalue weighted by Gasteiger charge is -2.02. The molecule has 0 fully saturated rings. The Morgan fingerprint density at radius 1 is 1.33 bits per heavy atom. The monoisotopic (exact) mass is 308 g/mol. The number of carbonyl (C=O) groups is 2. The molecule has 0 bridgehead atoms. The minimum absolute atomic E-state index is 0.173. The van der Waals surface area contributed by atoms with Gasteiger partial charge in [-0.25, -0.2) is 4.98 Å². The number of nitrogens with zero attached hydrogens (tertiary/aromatic N) is 1. The number of unbranched alkanes of at least 4 members (excludes halogenated alkanes) is 2. The summed E-state index contributed by atoms with van der Waals surface area (Å²) in [6.45, 7) is 0.520. The van der Waals surface area contributed by atoms with Crippen LogP contribution < -0.4 is 5.32 Å². The highest BCUT2D eigenvalue weighted by molar-refractivity contribution is 7.13. The summed E-state index contributed by atoms with van der Waals surface area (Å²) in [5, 5.41) is 13.6. The Labute approximate surface area is 125 Å². The smallest absolute Gasteiger partial charge is 0.303 e. The number of carboxylic acid groups (broad SMARTS) is 1. The normalized spacial score (nSPS) is 10.5. The lowest BCUT2D eigenvalue weighted by Crippen LogP contribution is -2.24. The molecule has 112 valence electrons. The molecule has 0 saturated heterocycles. The first-order valence-electron chi connectivity index (χ1n) is 6.66. The van der Waals surface area contributed by atoms with Crippen molar-refractivity contribution in [3.05, 3.63) is 29.5 Å². The van der Waals surface area contributed by atoms with Crippen LogP contribution >= 0.6 is 11.3 Å². The molecule has 2 rings (SSSR count). The number of hydrogen-bond donors (Lipinski definition) is 2. The van der Waals surface area contributed by atoms with Gasteiger partial charge in [0.1, 0.15) is 5.69 Å². The number of carbonyl (C=O) groups excluding carboxylic acids is 1. The van der Waals surface area contributed by atoms with Gasteiger partial charge < -0.3 is 14.8 Å². The van der Waals surface area contributed by atoms with Crippen molar-refractivity contribution in [2.45, 2.75) is 25.7 Å². The van der Waals surface area contributed by atoms with Gasteiger partial charge in [-0.05, 0) is 25.0 Å². The number of nitrogens with one attached hydrogen (secondary N) is 1. The summed E-state index contributed by atoms with van der Waals surface area (Å²) in [5.41, 5.74) is 0.372. The van der Waals surface area contributed by atoms with Crippen LogP contribution in [0.15, 0.2) is 28.2 Å². The molecule has 2 aromatic rings. The van der Waals surface area contributed by atoms with E-state index in [1.165, 1.54) is 11.3 Å². The van der Waals surface area contributed by atoms with Crippen molar-refractivity contribution in [3.8, 4) is 10.8 Å². The molecule has 21 heavy (non-hydrogen) atoms. The number of aromatic nitrogens is 1. The van der Waals surface area contributed by atoms with Gasteiger partial charge in [0.25, 0.3) is 5.91 Å². The molecule has 2 heterocycles. The molecule has 0 aliphatic carbocycles. The molecule has 1 amide bonds. The molecule has 0 aliphatic rings. The van der Waals surface area contributed by atoms with Gasteiger partial charge in [0, 0.05) is 18.3 Å². The van der Waals surface area contributed by atoms with Crippen LogP contribution in [0.1, 0.15) is 36.2 Å². The maximum absolute atomic E-state index is 11.9. The first kappa shape index (κ1) is 15.2. The molecule has 7 heteroatoms. The highest BCUT2D eigenvalue weighted by Crippen LogP contribution is 2.23. The average molecular weight is 308 g/mol. The summed E-state index contributed by atoms with van der Waals surface area (Å²) in [4.78, 5) is 26.4. The van der Waals surface area contributed by atoms with E-state index in [1.54, 1.807) is 23.8 Å². The summed E-state index contributed by atoms with van der Waals surface area (Å²) in [5.74, 6) is -0.359. The van der Waals surface area contributed by atoms with Crippen LogP contribution in [-0.4, -0.2) is 28.5 Å². The minimum atomic E-state index is -0.785. The second-order valence-corrected chi connectivity index (χ2v) is 5.33. The van der Waals surface area contributed by atoms with Crippen molar-refractivity contribution in [1.82, 2.24) is 10.3 Å². The molecule has 6 nitrogen and oxygen atoms in total. The van der Waals surface area contributed by atoms with E-state index >= 15 is 0 Å². The van der Waals surface area contributed by atoms with Crippen molar-refractivity contribution < 1.29 is 19.1 Å². The second-order valence-electron chi connectivity index (χ2n) is 4.48. The van der Waals surface area contributed by atoms with E-state index < -0.39 is 5.97 Å². The molecule has 0 radical (unpaired) electrons. The quantitative estimate of drug-likeness (QED) is 0.731. The van der Waals surface area contributed by atoms with Crippen molar-refractivity contribution in [1.29, 1.82) is 0 Å². The number of amides is 1. The lowest BCUT2D eigenvalue weighted by molar-refractivity contribution is -0.137. The van der Waals surface area contributed by atoms with Crippen LogP contribution in [0, 0.1) is 0 Å². The van der Waals surface area contributed by atoms with E-state index in [-0.39, 0.29) is 12.3 Å². The minimum Gasteiger partial charge on any atom is -0.481 e. The Balaban J connectivity index is 1.73. The van der Waals surface area contributed by atoms with Crippen molar-refractivity contribution in [2.75, 3.05) is 6.54 Å². The highest BCUT2D eigenvalue weighted by Gasteiger charge is 2.12.